The molecule has 1 saturated carbocycles. The Bertz CT molecular complexity index is 511. The van der Waals surface area contributed by atoms with Crippen molar-refractivity contribution in [1.29, 1.82) is 0 Å². The molecule has 7 nitrogen and oxygen atoms in total. The van der Waals surface area contributed by atoms with Crippen LogP contribution in [0.25, 0.3) is 0 Å². The van der Waals surface area contributed by atoms with Gasteiger partial charge in [-0.1, -0.05) is 0 Å². The number of hydrogen-bond acceptors (Lipinski definition) is 4. The maximum absolute atomic E-state index is 11.8. The van der Waals surface area contributed by atoms with Crippen molar-refractivity contribution < 1.29 is 9.90 Å². The number of H-pyrrole nitrogens is 2. The molecule has 1 aromatic heterocycles. The summed E-state index contributed by atoms with van der Waals surface area (Å²) in [6.07, 6.45) is 2.39. The molecule has 0 aromatic carbocycles. The standard InChI is InChI=1S/C11H15N3O4/c15-7-3-1-6(2-4-7)12-10(17)8-5-9(16)14-11(18)13-8/h5-7,15H,1-4H2,(H,12,17)(H2,13,14,16,18). The molecular weight excluding hydrogens is 238 g/mol. The third-order valence-electron chi connectivity index (χ3n) is 3.04. The van der Waals surface area contributed by atoms with Gasteiger partial charge in [-0.05, 0) is 25.7 Å². The zero-order valence-electron chi connectivity index (χ0n) is 9.73. The number of amides is 1. The van der Waals surface area contributed by atoms with Crippen LogP contribution >= 0.6 is 0 Å². The van der Waals surface area contributed by atoms with Crippen molar-refractivity contribution in [3.63, 3.8) is 0 Å². The second-order valence-corrected chi connectivity index (χ2v) is 4.48. The summed E-state index contributed by atoms with van der Waals surface area (Å²) in [7, 11) is 0. The minimum atomic E-state index is -0.702. The molecule has 0 aliphatic heterocycles. The van der Waals surface area contributed by atoms with E-state index in [4.69, 9.17) is 0 Å². The lowest BCUT2D eigenvalue weighted by atomic mass is 9.93. The molecule has 1 heterocycles. The first-order valence-electron chi connectivity index (χ1n) is 5.87. The number of aromatic nitrogens is 2. The lowest BCUT2D eigenvalue weighted by Gasteiger charge is -2.25. The minimum Gasteiger partial charge on any atom is -0.393 e. The van der Waals surface area contributed by atoms with Crippen LogP contribution in [0.5, 0.6) is 0 Å². The number of nitrogens with one attached hydrogen (secondary N) is 3. The van der Waals surface area contributed by atoms with Gasteiger partial charge in [0.2, 0.25) is 0 Å². The number of aliphatic hydroxyl groups is 1. The van der Waals surface area contributed by atoms with E-state index in [0.29, 0.717) is 25.7 Å². The lowest BCUT2D eigenvalue weighted by molar-refractivity contribution is 0.0862. The number of carbonyl (C=O) groups excluding carboxylic acids is 1. The quantitative estimate of drug-likeness (QED) is 0.546. The molecule has 0 unspecified atom stereocenters. The van der Waals surface area contributed by atoms with Gasteiger partial charge < -0.3 is 15.4 Å². The molecule has 1 aliphatic rings. The topological polar surface area (TPSA) is 115 Å². The highest BCUT2D eigenvalue weighted by atomic mass is 16.3. The maximum Gasteiger partial charge on any atom is 0.326 e. The molecule has 1 amide bonds. The highest BCUT2D eigenvalue weighted by Crippen LogP contribution is 2.18. The van der Waals surface area contributed by atoms with Gasteiger partial charge in [0, 0.05) is 12.1 Å². The Morgan fingerprint density at radius 2 is 1.89 bits per heavy atom. The molecule has 0 bridgehead atoms. The summed E-state index contributed by atoms with van der Waals surface area (Å²) in [5.74, 6) is -0.473. The molecule has 7 heteroatoms. The van der Waals surface area contributed by atoms with Gasteiger partial charge in [0.1, 0.15) is 5.69 Å². The summed E-state index contributed by atoms with van der Waals surface area (Å²) < 4.78 is 0. The molecule has 0 spiro atoms. The Hall–Kier alpha value is -1.89. The van der Waals surface area contributed by atoms with Gasteiger partial charge in [-0.3, -0.25) is 14.6 Å². The molecule has 0 saturated heterocycles. The van der Waals surface area contributed by atoms with E-state index in [0.717, 1.165) is 6.07 Å². The molecule has 1 fully saturated rings. The highest BCUT2D eigenvalue weighted by Gasteiger charge is 2.21. The van der Waals surface area contributed by atoms with Crippen LogP contribution in [0.3, 0.4) is 0 Å². The first-order chi connectivity index (χ1) is 8.54. The van der Waals surface area contributed by atoms with Crippen LogP contribution in [-0.4, -0.2) is 33.1 Å². The van der Waals surface area contributed by atoms with E-state index < -0.39 is 17.2 Å². The van der Waals surface area contributed by atoms with Gasteiger partial charge in [-0.25, -0.2) is 4.79 Å². The summed E-state index contributed by atoms with van der Waals surface area (Å²) in [5.41, 5.74) is -1.36. The lowest BCUT2D eigenvalue weighted by Crippen LogP contribution is -2.40. The largest absolute Gasteiger partial charge is 0.393 e. The van der Waals surface area contributed by atoms with Crippen molar-refractivity contribution in [3.8, 4) is 0 Å². The zero-order valence-corrected chi connectivity index (χ0v) is 9.73. The summed E-state index contributed by atoms with van der Waals surface area (Å²) in [5, 5.41) is 12.1. The normalized spacial score (nSPS) is 23.6. The Balaban J connectivity index is 2.03. The molecule has 0 radical (unpaired) electrons. The van der Waals surface area contributed by atoms with Crippen LogP contribution in [0.2, 0.25) is 0 Å². The third-order valence-corrected chi connectivity index (χ3v) is 3.04. The number of hydrogen-bond donors (Lipinski definition) is 4. The monoisotopic (exact) mass is 253 g/mol. The van der Waals surface area contributed by atoms with E-state index in [1.165, 1.54) is 0 Å². The second kappa shape index (κ2) is 5.18. The first-order valence-corrected chi connectivity index (χ1v) is 5.87. The van der Waals surface area contributed by atoms with Crippen LogP contribution in [0, 0.1) is 0 Å². The van der Waals surface area contributed by atoms with Gasteiger partial charge in [0.05, 0.1) is 6.10 Å². The Labute approximate surface area is 102 Å². The molecule has 0 atom stereocenters. The average Bonchev–Trinajstić information content (AvgIpc) is 2.31. The Kier molecular flexibility index (Phi) is 3.61. The molecule has 98 valence electrons. The Morgan fingerprint density at radius 3 is 2.50 bits per heavy atom. The van der Waals surface area contributed by atoms with Crippen LogP contribution < -0.4 is 16.6 Å². The molecule has 2 rings (SSSR count). The average molecular weight is 253 g/mol. The van der Waals surface area contributed by atoms with Crippen molar-refractivity contribution in [2.24, 2.45) is 0 Å². The molecular formula is C11H15N3O4. The summed E-state index contributed by atoms with van der Waals surface area (Å²) in [6.45, 7) is 0. The van der Waals surface area contributed by atoms with Crippen molar-refractivity contribution in [2.45, 2.75) is 37.8 Å². The van der Waals surface area contributed by atoms with E-state index in [1.54, 1.807) is 0 Å². The summed E-state index contributed by atoms with van der Waals surface area (Å²) in [6, 6.07) is 1.03. The van der Waals surface area contributed by atoms with Crippen LogP contribution in [0.1, 0.15) is 36.2 Å². The van der Waals surface area contributed by atoms with Crippen molar-refractivity contribution in [2.75, 3.05) is 0 Å². The third kappa shape index (κ3) is 3.07. The summed E-state index contributed by atoms with van der Waals surface area (Å²) >= 11 is 0. The van der Waals surface area contributed by atoms with Gasteiger partial charge in [-0.15, -0.1) is 0 Å². The van der Waals surface area contributed by atoms with Crippen LogP contribution in [0.4, 0.5) is 0 Å². The van der Waals surface area contributed by atoms with Gasteiger partial charge in [-0.2, -0.15) is 0 Å². The smallest absolute Gasteiger partial charge is 0.326 e. The predicted molar refractivity (Wildman–Crippen MR) is 63.4 cm³/mol. The van der Waals surface area contributed by atoms with Crippen molar-refractivity contribution in [3.05, 3.63) is 32.6 Å². The first kappa shape index (κ1) is 12.6. The predicted octanol–water partition coefficient (Wildman–Crippen LogP) is -0.903. The van der Waals surface area contributed by atoms with Crippen molar-refractivity contribution >= 4 is 5.91 Å². The molecule has 1 aromatic rings. The summed E-state index contributed by atoms with van der Waals surface area (Å²) in [4.78, 5) is 38.2. The van der Waals surface area contributed by atoms with Crippen LogP contribution in [-0.2, 0) is 0 Å². The van der Waals surface area contributed by atoms with E-state index >= 15 is 0 Å². The Morgan fingerprint density at radius 1 is 1.22 bits per heavy atom. The van der Waals surface area contributed by atoms with E-state index in [2.05, 4.69) is 10.3 Å². The fourth-order valence-electron chi connectivity index (χ4n) is 2.07. The van der Waals surface area contributed by atoms with Crippen LogP contribution in [0.15, 0.2) is 15.7 Å². The van der Waals surface area contributed by atoms with Crippen molar-refractivity contribution in [1.82, 2.24) is 15.3 Å². The maximum atomic E-state index is 11.8. The SMILES string of the molecule is O=C(NC1CCC(O)CC1)c1cc(=O)[nH]c(=O)[nH]1. The van der Waals surface area contributed by atoms with E-state index in [1.807, 2.05) is 4.98 Å². The second-order valence-electron chi connectivity index (χ2n) is 4.48. The fraction of sp³-hybridized carbons (Fsp3) is 0.545. The van der Waals surface area contributed by atoms with Gasteiger partial charge in [0.15, 0.2) is 0 Å². The number of rotatable bonds is 2. The van der Waals surface area contributed by atoms with Gasteiger partial charge >= 0.3 is 5.69 Å². The minimum absolute atomic E-state index is 0.0244. The van der Waals surface area contributed by atoms with E-state index in [-0.39, 0.29) is 17.8 Å². The molecule has 1 aliphatic carbocycles. The number of aliphatic hydroxyl groups excluding tert-OH is 1. The molecule has 18 heavy (non-hydrogen) atoms. The molecule has 4 N–H and O–H groups in total. The number of aromatic amines is 2. The van der Waals surface area contributed by atoms with E-state index in [9.17, 15) is 19.5 Å². The fourth-order valence-corrected chi connectivity index (χ4v) is 2.07. The highest BCUT2D eigenvalue weighted by molar-refractivity contribution is 5.92. The zero-order chi connectivity index (χ0) is 13.1. The number of carbonyl (C=O) groups is 1. The van der Waals surface area contributed by atoms with Gasteiger partial charge in [0.25, 0.3) is 11.5 Å².